The van der Waals surface area contributed by atoms with Gasteiger partial charge in [-0.1, -0.05) is 0 Å². The summed E-state index contributed by atoms with van der Waals surface area (Å²) < 4.78 is 16.2. The highest BCUT2D eigenvalue weighted by molar-refractivity contribution is 6.09. The van der Waals surface area contributed by atoms with Gasteiger partial charge in [0.25, 0.3) is 0 Å². The predicted octanol–water partition coefficient (Wildman–Crippen LogP) is 1.96. The van der Waals surface area contributed by atoms with Gasteiger partial charge in [0.05, 0.1) is 33.0 Å². The molecule has 0 atom stereocenters. The molecule has 0 radical (unpaired) electrons. The molecule has 1 fully saturated rings. The molecule has 3 heterocycles. The molecule has 0 saturated carbocycles. The molecule has 7 nitrogen and oxygen atoms in total. The normalized spacial score (nSPS) is 15.3. The average molecular weight is 314 g/mol. The second kappa shape index (κ2) is 5.58. The average Bonchev–Trinajstić information content (AvgIpc) is 2.98. The van der Waals surface area contributed by atoms with E-state index in [4.69, 9.17) is 14.2 Å². The Morgan fingerprint density at radius 1 is 1.09 bits per heavy atom. The van der Waals surface area contributed by atoms with Gasteiger partial charge in [0.1, 0.15) is 17.4 Å². The molecule has 23 heavy (non-hydrogen) atoms. The lowest BCUT2D eigenvalue weighted by Gasteiger charge is -2.27. The van der Waals surface area contributed by atoms with Crippen LogP contribution in [0.5, 0.6) is 11.5 Å². The number of anilines is 1. The molecule has 0 aliphatic carbocycles. The van der Waals surface area contributed by atoms with Crippen LogP contribution in [-0.2, 0) is 4.74 Å². The van der Waals surface area contributed by atoms with Crippen LogP contribution in [0.15, 0.2) is 18.5 Å². The quantitative estimate of drug-likeness (QED) is 0.797. The van der Waals surface area contributed by atoms with E-state index in [0.29, 0.717) is 24.7 Å². The van der Waals surface area contributed by atoms with Crippen molar-refractivity contribution in [3.63, 3.8) is 0 Å². The first-order valence-corrected chi connectivity index (χ1v) is 7.53. The molecule has 2 aromatic heterocycles. The molecule has 1 saturated heterocycles. The van der Waals surface area contributed by atoms with E-state index < -0.39 is 0 Å². The molecular formula is C16H18N4O3. The highest BCUT2D eigenvalue weighted by Crippen LogP contribution is 2.36. The first kappa shape index (κ1) is 14.1. The SMILES string of the molecule is COc1cc2[nH]c3c(N4CCOCC4)ncnc3c2cc1OC. The van der Waals surface area contributed by atoms with Crippen LogP contribution < -0.4 is 14.4 Å². The lowest BCUT2D eigenvalue weighted by atomic mass is 10.2. The fourth-order valence-electron chi connectivity index (χ4n) is 3.02. The summed E-state index contributed by atoms with van der Waals surface area (Å²) in [6.45, 7) is 3.09. The topological polar surface area (TPSA) is 72.5 Å². The summed E-state index contributed by atoms with van der Waals surface area (Å²) in [6.07, 6.45) is 1.61. The van der Waals surface area contributed by atoms with Crippen LogP contribution in [0.4, 0.5) is 5.82 Å². The maximum absolute atomic E-state index is 5.42. The van der Waals surface area contributed by atoms with Crippen LogP contribution in [0.2, 0.25) is 0 Å². The number of methoxy groups -OCH3 is 2. The van der Waals surface area contributed by atoms with Crippen molar-refractivity contribution in [2.75, 3.05) is 45.4 Å². The van der Waals surface area contributed by atoms with E-state index in [0.717, 1.165) is 40.8 Å². The Hall–Kier alpha value is -2.54. The third kappa shape index (κ3) is 2.24. The number of aromatic amines is 1. The number of rotatable bonds is 3. The summed E-state index contributed by atoms with van der Waals surface area (Å²) in [5.41, 5.74) is 2.77. The third-order valence-corrected chi connectivity index (χ3v) is 4.18. The summed E-state index contributed by atoms with van der Waals surface area (Å²) in [5.74, 6) is 2.28. The molecule has 0 unspecified atom stereocenters. The second-order valence-electron chi connectivity index (χ2n) is 5.40. The number of benzene rings is 1. The van der Waals surface area contributed by atoms with Crippen molar-refractivity contribution in [3.8, 4) is 11.5 Å². The van der Waals surface area contributed by atoms with Crippen LogP contribution in [0, 0.1) is 0 Å². The fraction of sp³-hybridized carbons (Fsp3) is 0.375. The Bertz CT molecular complexity index is 855. The zero-order chi connectivity index (χ0) is 15.8. The number of ether oxygens (including phenoxy) is 3. The Labute approximate surface area is 133 Å². The van der Waals surface area contributed by atoms with Gasteiger partial charge >= 0.3 is 0 Å². The van der Waals surface area contributed by atoms with Crippen molar-refractivity contribution in [2.45, 2.75) is 0 Å². The molecule has 3 aromatic rings. The number of morpholine rings is 1. The van der Waals surface area contributed by atoms with Crippen LogP contribution >= 0.6 is 0 Å². The summed E-state index contributed by atoms with van der Waals surface area (Å²) in [7, 11) is 3.26. The number of hydrogen-bond donors (Lipinski definition) is 1. The molecule has 1 aliphatic rings. The van der Waals surface area contributed by atoms with Crippen molar-refractivity contribution >= 4 is 27.8 Å². The second-order valence-corrected chi connectivity index (χ2v) is 5.40. The maximum Gasteiger partial charge on any atom is 0.162 e. The van der Waals surface area contributed by atoms with E-state index in [9.17, 15) is 0 Å². The minimum Gasteiger partial charge on any atom is -0.493 e. The van der Waals surface area contributed by atoms with E-state index >= 15 is 0 Å². The molecule has 0 amide bonds. The van der Waals surface area contributed by atoms with Crippen molar-refractivity contribution in [2.24, 2.45) is 0 Å². The van der Waals surface area contributed by atoms with E-state index in [1.807, 2.05) is 12.1 Å². The standard InChI is InChI=1S/C16H18N4O3/c1-21-12-7-10-11(8-13(12)22-2)19-15-14(10)17-9-18-16(15)20-3-5-23-6-4-20/h7-9,19H,3-6H2,1-2H3. The van der Waals surface area contributed by atoms with E-state index in [1.54, 1.807) is 20.5 Å². The van der Waals surface area contributed by atoms with Crippen molar-refractivity contribution in [3.05, 3.63) is 18.5 Å². The molecule has 120 valence electrons. The van der Waals surface area contributed by atoms with Gasteiger partial charge in [-0.3, -0.25) is 0 Å². The zero-order valence-corrected chi connectivity index (χ0v) is 13.1. The van der Waals surface area contributed by atoms with Crippen molar-refractivity contribution in [1.29, 1.82) is 0 Å². The fourth-order valence-corrected chi connectivity index (χ4v) is 3.02. The minimum atomic E-state index is 0.687. The monoisotopic (exact) mass is 314 g/mol. The molecule has 4 rings (SSSR count). The van der Waals surface area contributed by atoms with Gasteiger partial charge in [0, 0.05) is 24.5 Å². The van der Waals surface area contributed by atoms with Gasteiger partial charge < -0.3 is 24.1 Å². The molecular weight excluding hydrogens is 296 g/mol. The molecule has 0 spiro atoms. The molecule has 1 aromatic carbocycles. The number of fused-ring (bicyclic) bond motifs is 3. The van der Waals surface area contributed by atoms with Crippen LogP contribution in [-0.4, -0.2) is 55.5 Å². The Balaban J connectivity index is 1.93. The lowest BCUT2D eigenvalue weighted by molar-refractivity contribution is 0.122. The number of nitrogens with zero attached hydrogens (tertiary/aromatic N) is 3. The van der Waals surface area contributed by atoms with Gasteiger partial charge in [0.15, 0.2) is 17.3 Å². The van der Waals surface area contributed by atoms with Crippen LogP contribution in [0.3, 0.4) is 0 Å². The van der Waals surface area contributed by atoms with Gasteiger partial charge in [-0.2, -0.15) is 0 Å². The molecule has 1 N–H and O–H groups in total. The van der Waals surface area contributed by atoms with Gasteiger partial charge in [-0.25, -0.2) is 9.97 Å². The number of hydrogen-bond acceptors (Lipinski definition) is 6. The minimum absolute atomic E-state index is 0.687. The Morgan fingerprint density at radius 2 is 1.83 bits per heavy atom. The summed E-state index contributed by atoms with van der Waals surface area (Å²) in [5, 5.41) is 0.995. The van der Waals surface area contributed by atoms with Gasteiger partial charge in [-0.05, 0) is 6.07 Å². The summed E-state index contributed by atoms with van der Waals surface area (Å²) in [6, 6.07) is 3.88. The number of nitrogens with one attached hydrogen (secondary N) is 1. The maximum atomic E-state index is 5.42. The summed E-state index contributed by atoms with van der Waals surface area (Å²) >= 11 is 0. The Morgan fingerprint density at radius 3 is 2.57 bits per heavy atom. The highest BCUT2D eigenvalue weighted by atomic mass is 16.5. The van der Waals surface area contributed by atoms with E-state index in [1.165, 1.54) is 0 Å². The highest BCUT2D eigenvalue weighted by Gasteiger charge is 2.19. The molecule has 1 aliphatic heterocycles. The largest absolute Gasteiger partial charge is 0.493 e. The summed E-state index contributed by atoms with van der Waals surface area (Å²) in [4.78, 5) is 14.6. The smallest absolute Gasteiger partial charge is 0.162 e. The van der Waals surface area contributed by atoms with Crippen molar-refractivity contribution < 1.29 is 14.2 Å². The van der Waals surface area contributed by atoms with E-state index in [-0.39, 0.29) is 0 Å². The zero-order valence-electron chi connectivity index (χ0n) is 13.1. The predicted molar refractivity (Wildman–Crippen MR) is 87.5 cm³/mol. The number of aromatic nitrogens is 3. The first-order chi connectivity index (χ1) is 11.3. The third-order valence-electron chi connectivity index (χ3n) is 4.18. The molecule has 0 bridgehead atoms. The van der Waals surface area contributed by atoms with Crippen molar-refractivity contribution in [1.82, 2.24) is 15.0 Å². The first-order valence-electron chi connectivity index (χ1n) is 7.53. The van der Waals surface area contributed by atoms with Gasteiger partial charge in [0.2, 0.25) is 0 Å². The van der Waals surface area contributed by atoms with Gasteiger partial charge in [-0.15, -0.1) is 0 Å². The molecule has 7 heteroatoms. The van der Waals surface area contributed by atoms with Crippen LogP contribution in [0.25, 0.3) is 21.9 Å². The van der Waals surface area contributed by atoms with E-state index in [2.05, 4.69) is 19.9 Å². The Kier molecular flexibility index (Phi) is 3.42. The van der Waals surface area contributed by atoms with Crippen LogP contribution in [0.1, 0.15) is 0 Å². The number of H-pyrrole nitrogens is 1. The lowest BCUT2D eigenvalue weighted by Crippen LogP contribution is -2.36.